The molecule has 0 fully saturated rings. The van der Waals surface area contributed by atoms with Crippen molar-refractivity contribution >= 4 is 16.9 Å². The summed E-state index contributed by atoms with van der Waals surface area (Å²) in [4.78, 5) is 1.39. The van der Waals surface area contributed by atoms with E-state index in [1.165, 1.54) is 10.5 Å². The number of hydrogen-bond donors (Lipinski definition) is 0. The van der Waals surface area contributed by atoms with Gasteiger partial charge in [0.2, 0.25) is 0 Å². The van der Waals surface area contributed by atoms with Crippen LogP contribution in [0.15, 0.2) is 23.6 Å². The van der Waals surface area contributed by atoms with Crippen molar-refractivity contribution in [3.8, 4) is 0 Å². The van der Waals surface area contributed by atoms with Crippen LogP contribution >= 0.6 is 11.3 Å². The van der Waals surface area contributed by atoms with Gasteiger partial charge in [-0.15, -0.1) is 11.3 Å². The Kier molecular flexibility index (Phi) is 2.69. The molecule has 1 aromatic rings. The maximum atomic E-state index is 2.26. The molecule has 0 aliphatic rings. The van der Waals surface area contributed by atoms with Crippen LogP contribution in [-0.4, -0.2) is 0 Å². The van der Waals surface area contributed by atoms with Gasteiger partial charge in [0.05, 0.1) is 0 Å². The van der Waals surface area contributed by atoms with E-state index in [-0.39, 0.29) is 0 Å². The maximum absolute atomic E-state index is 2.26. The Balaban J connectivity index is 2.77. The number of allylic oxidation sites excluding steroid dienone is 2. The summed E-state index contributed by atoms with van der Waals surface area (Å²) in [7, 11) is 0. The molecule has 0 saturated carbocycles. The zero-order valence-electron chi connectivity index (χ0n) is 6.42. The van der Waals surface area contributed by atoms with Crippen LogP contribution in [0, 0.1) is 0 Å². The molecule has 0 bridgehead atoms. The highest BCUT2D eigenvalue weighted by molar-refractivity contribution is 7.11. The van der Waals surface area contributed by atoms with Gasteiger partial charge in [-0.05, 0) is 30.4 Å². The smallest absolute Gasteiger partial charge is 0.0296 e. The van der Waals surface area contributed by atoms with Crippen LogP contribution in [0.4, 0.5) is 0 Å². The van der Waals surface area contributed by atoms with Crippen molar-refractivity contribution in [2.24, 2.45) is 0 Å². The zero-order valence-corrected chi connectivity index (χ0v) is 7.24. The van der Waals surface area contributed by atoms with Crippen molar-refractivity contribution in [2.45, 2.75) is 20.3 Å². The zero-order chi connectivity index (χ0) is 7.40. The first-order valence-electron chi connectivity index (χ1n) is 3.55. The normalized spacial score (nSPS) is 12.0. The van der Waals surface area contributed by atoms with Crippen molar-refractivity contribution in [3.05, 3.63) is 28.5 Å². The van der Waals surface area contributed by atoms with E-state index < -0.39 is 0 Å². The molecule has 0 N–H and O–H groups in total. The molecule has 1 heterocycles. The molecule has 0 radical (unpaired) electrons. The third-order valence-corrected chi connectivity index (χ3v) is 2.43. The van der Waals surface area contributed by atoms with Crippen molar-refractivity contribution in [2.75, 3.05) is 0 Å². The highest BCUT2D eigenvalue weighted by atomic mass is 32.1. The van der Waals surface area contributed by atoms with E-state index in [2.05, 4.69) is 37.4 Å². The summed E-state index contributed by atoms with van der Waals surface area (Å²) in [5, 5.41) is 2.11. The molecule has 54 valence electrons. The van der Waals surface area contributed by atoms with Crippen LogP contribution in [0.1, 0.15) is 25.1 Å². The van der Waals surface area contributed by atoms with Crippen LogP contribution in [0.5, 0.6) is 0 Å². The summed E-state index contributed by atoms with van der Waals surface area (Å²) in [6.45, 7) is 4.33. The Hall–Kier alpha value is -0.560. The van der Waals surface area contributed by atoms with E-state index in [0.717, 1.165) is 6.42 Å². The summed E-state index contributed by atoms with van der Waals surface area (Å²) in [6, 6.07) is 4.25. The largest absolute Gasteiger partial charge is 0.144 e. The van der Waals surface area contributed by atoms with E-state index in [9.17, 15) is 0 Å². The summed E-state index contributed by atoms with van der Waals surface area (Å²) in [5.41, 5.74) is 1.40. The number of rotatable bonds is 2. The quantitative estimate of drug-likeness (QED) is 0.608. The standard InChI is InChI=1S/C9H12S/c1-3-5-8(2)9-6-4-7-10-9/h4-7H,3H2,1-2H3. The van der Waals surface area contributed by atoms with Gasteiger partial charge >= 0.3 is 0 Å². The van der Waals surface area contributed by atoms with Gasteiger partial charge in [0.1, 0.15) is 0 Å². The van der Waals surface area contributed by atoms with Gasteiger partial charge in [0.25, 0.3) is 0 Å². The second-order valence-electron chi connectivity index (χ2n) is 2.27. The van der Waals surface area contributed by atoms with Crippen molar-refractivity contribution in [1.82, 2.24) is 0 Å². The van der Waals surface area contributed by atoms with Crippen LogP contribution in [0.3, 0.4) is 0 Å². The van der Waals surface area contributed by atoms with Gasteiger partial charge in [0, 0.05) is 4.88 Å². The molecule has 0 nitrogen and oxygen atoms in total. The molecule has 0 aliphatic heterocycles. The minimum absolute atomic E-state index is 1.13. The fourth-order valence-electron chi connectivity index (χ4n) is 0.910. The molecular formula is C9H12S. The Morgan fingerprint density at radius 3 is 3.00 bits per heavy atom. The van der Waals surface area contributed by atoms with Crippen molar-refractivity contribution in [3.63, 3.8) is 0 Å². The van der Waals surface area contributed by atoms with E-state index in [4.69, 9.17) is 0 Å². The fraction of sp³-hybridized carbons (Fsp3) is 0.333. The highest BCUT2D eigenvalue weighted by Crippen LogP contribution is 2.19. The molecule has 0 aliphatic carbocycles. The highest BCUT2D eigenvalue weighted by Gasteiger charge is 1.92. The van der Waals surface area contributed by atoms with Gasteiger partial charge < -0.3 is 0 Å². The molecule has 1 heteroatoms. The molecule has 0 atom stereocenters. The minimum atomic E-state index is 1.13. The van der Waals surface area contributed by atoms with Crippen LogP contribution in [0.2, 0.25) is 0 Å². The van der Waals surface area contributed by atoms with Crippen molar-refractivity contribution in [1.29, 1.82) is 0 Å². The predicted molar refractivity (Wildman–Crippen MR) is 48.3 cm³/mol. The average molecular weight is 152 g/mol. The van der Waals surface area contributed by atoms with Crippen LogP contribution in [0.25, 0.3) is 5.57 Å². The Bertz CT molecular complexity index is 207. The summed E-state index contributed by atoms with van der Waals surface area (Å²) in [6.07, 6.45) is 3.38. The first kappa shape index (κ1) is 7.55. The molecule has 1 rings (SSSR count). The van der Waals surface area contributed by atoms with Gasteiger partial charge in [-0.3, -0.25) is 0 Å². The Morgan fingerprint density at radius 1 is 1.70 bits per heavy atom. The Morgan fingerprint density at radius 2 is 2.50 bits per heavy atom. The van der Waals surface area contributed by atoms with E-state index in [1.54, 1.807) is 11.3 Å². The van der Waals surface area contributed by atoms with Gasteiger partial charge in [-0.25, -0.2) is 0 Å². The average Bonchev–Trinajstić information content (AvgIpc) is 2.38. The summed E-state index contributed by atoms with van der Waals surface area (Å²) >= 11 is 1.80. The first-order chi connectivity index (χ1) is 4.84. The molecule has 1 aromatic heterocycles. The van der Waals surface area contributed by atoms with Crippen LogP contribution < -0.4 is 0 Å². The van der Waals surface area contributed by atoms with Gasteiger partial charge in [-0.2, -0.15) is 0 Å². The van der Waals surface area contributed by atoms with Crippen LogP contribution in [-0.2, 0) is 0 Å². The lowest BCUT2D eigenvalue weighted by molar-refractivity contribution is 1.22. The predicted octanol–water partition coefficient (Wildman–Crippen LogP) is 3.56. The molecule has 0 unspecified atom stereocenters. The number of hydrogen-bond acceptors (Lipinski definition) is 1. The third kappa shape index (κ3) is 1.71. The monoisotopic (exact) mass is 152 g/mol. The van der Waals surface area contributed by atoms with E-state index in [1.807, 2.05) is 0 Å². The van der Waals surface area contributed by atoms with Gasteiger partial charge in [-0.1, -0.05) is 19.1 Å². The molecule has 0 aromatic carbocycles. The lowest BCUT2D eigenvalue weighted by Crippen LogP contribution is -1.68. The first-order valence-corrected chi connectivity index (χ1v) is 4.43. The summed E-state index contributed by atoms with van der Waals surface area (Å²) < 4.78 is 0. The second-order valence-corrected chi connectivity index (χ2v) is 3.22. The SMILES string of the molecule is CCC=C(C)c1cccs1. The topological polar surface area (TPSA) is 0 Å². The van der Waals surface area contributed by atoms with E-state index >= 15 is 0 Å². The lowest BCUT2D eigenvalue weighted by atomic mass is 10.2. The minimum Gasteiger partial charge on any atom is -0.144 e. The van der Waals surface area contributed by atoms with Gasteiger partial charge in [0.15, 0.2) is 0 Å². The fourth-order valence-corrected chi connectivity index (χ4v) is 1.64. The maximum Gasteiger partial charge on any atom is 0.0296 e. The molecule has 0 spiro atoms. The summed E-state index contributed by atoms with van der Waals surface area (Å²) in [5.74, 6) is 0. The Labute approximate surface area is 66.2 Å². The molecule has 0 amide bonds. The molecule has 0 saturated heterocycles. The molecular weight excluding hydrogens is 140 g/mol. The second kappa shape index (κ2) is 3.57. The molecule has 10 heavy (non-hydrogen) atoms. The lowest BCUT2D eigenvalue weighted by Gasteiger charge is -1.92. The third-order valence-electron chi connectivity index (χ3n) is 1.42. The van der Waals surface area contributed by atoms with Crippen molar-refractivity contribution < 1.29 is 0 Å². The number of thiophene rings is 1. The van der Waals surface area contributed by atoms with E-state index in [0.29, 0.717) is 0 Å².